The van der Waals surface area contributed by atoms with Crippen LogP contribution in [0.25, 0.3) is 0 Å². The number of ketones is 1. The van der Waals surface area contributed by atoms with Crippen LogP contribution in [0, 0.1) is 5.92 Å². The number of anilines is 1. The molecule has 19 heavy (non-hydrogen) atoms. The fourth-order valence-corrected chi connectivity index (χ4v) is 2.69. The largest absolute Gasteiger partial charge is 0.472 e. The third-order valence-electron chi connectivity index (χ3n) is 2.70. The number of Topliss-reactive ketones (excluding diaryl/α,β-unsaturated/α-hetero) is 1. The molecule has 0 fully saturated rings. The molecule has 0 saturated carbocycles. The van der Waals surface area contributed by atoms with Crippen LogP contribution < -0.4 is 10.1 Å². The molecule has 2 heterocycles. The van der Waals surface area contributed by atoms with Gasteiger partial charge in [-0.05, 0) is 6.07 Å². The lowest BCUT2D eigenvalue weighted by Gasteiger charge is -2.12. The number of fused-ring (bicyclic) bond motifs is 1. The van der Waals surface area contributed by atoms with Gasteiger partial charge in [0.05, 0.1) is 24.1 Å². The summed E-state index contributed by atoms with van der Waals surface area (Å²) in [5.41, 5.74) is 0.509. The molecule has 7 heteroatoms. The van der Waals surface area contributed by atoms with E-state index in [1.165, 1.54) is 18.4 Å². The number of nitrogens with one attached hydrogen (secondary N) is 1. The average Bonchev–Trinajstić information content (AvgIpc) is 2.80. The van der Waals surface area contributed by atoms with Crippen molar-refractivity contribution in [3.8, 4) is 5.06 Å². The van der Waals surface area contributed by atoms with Gasteiger partial charge in [-0.3, -0.25) is 14.4 Å². The van der Waals surface area contributed by atoms with Gasteiger partial charge >= 0.3 is 5.97 Å². The van der Waals surface area contributed by atoms with Crippen LogP contribution >= 0.6 is 11.3 Å². The molecule has 102 valence electrons. The molecular formula is C12H13NO5S. The molecular weight excluding hydrogens is 270 g/mol. The lowest BCUT2D eigenvalue weighted by atomic mass is 10.0. The zero-order valence-corrected chi connectivity index (χ0v) is 11.3. The summed E-state index contributed by atoms with van der Waals surface area (Å²) >= 11 is 1.17. The molecule has 1 aliphatic heterocycles. The molecule has 0 aromatic carbocycles. The zero-order chi connectivity index (χ0) is 14.0. The fourth-order valence-electron chi connectivity index (χ4n) is 1.68. The number of rotatable bonds is 4. The van der Waals surface area contributed by atoms with Crippen molar-refractivity contribution in [2.75, 3.05) is 19.0 Å². The van der Waals surface area contributed by atoms with Crippen molar-refractivity contribution >= 4 is 34.7 Å². The Labute approximate surface area is 113 Å². The van der Waals surface area contributed by atoms with Crippen LogP contribution in [0.4, 0.5) is 5.69 Å². The first-order valence-corrected chi connectivity index (χ1v) is 6.50. The van der Waals surface area contributed by atoms with Crippen molar-refractivity contribution in [3.63, 3.8) is 0 Å². The SMILES string of the molecule is COC(=O)CC(C)C(=O)c1cc2c(s1)OCC(=O)N2. The molecule has 1 aromatic heterocycles. The Hall–Kier alpha value is -1.89. The Morgan fingerprint density at radius 3 is 3.00 bits per heavy atom. The maximum absolute atomic E-state index is 12.1. The van der Waals surface area contributed by atoms with Gasteiger partial charge in [-0.2, -0.15) is 0 Å². The van der Waals surface area contributed by atoms with Crippen LogP contribution in [-0.4, -0.2) is 31.4 Å². The van der Waals surface area contributed by atoms with Crippen LogP contribution in [0.2, 0.25) is 0 Å². The van der Waals surface area contributed by atoms with Gasteiger partial charge in [-0.15, -0.1) is 0 Å². The highest BCUT2D eigenvalue weighted by Crippen LogP contribution is 2.38. The Kier molecular flexibility index (Phi) is 3.84. The maximum Gasteiger partial charge on any atom is 0.306 e. The predicted octanol–water partition coefficient (Wildman–Crippen LogP) is 1.46. The lowest BCUT2D eigenvalue weighted by molar-refractivity contribution is -0.141. The minimum atomic E-state index is -0.469. The van der Waals surface area contributed by atoms with Gasteiger partial charge in [-0.1, -0.05) is 18.3 Å². The van der Waals surface area contributed by atoms with Crippen molar-refractivity contribution in [1.29, 1.82) is 0 Å². The van der Waals surface area contributed by atoms with Gasteiger partial charge in [0.2, 0.25) is 0 Å². The molecule has 0 spiro atoms. The van der Waals surface area contributed by atoms with E-state index in [0.717, 1.165) is 0 Å². The molecule has 2 rings (SSSR count). The summed E-state index contributed by atoms with van der Waals surface area (Å²) in [5, 5.41) is 3.15. The van der Waals surface area contributed by atoms with E-state index >= 15 is 0 Å². The van der Waals surface area contributed by atoms with Gasteiger partial charge < -0.3 is 14.8 Å². The first-order chi connectivity index (χ1) is 9.01. The van der Waals surface area contributed by atoms with Crippen molar-refractivity contribution in [2.45, 2.75) is 13.3 Å². The van der Waals surface area contributed by atoms with Crippen LogP contribution in [0.1, 0.15) is 23.0 Å². The van der Waals surface area contributed by atoms with E-state index in [4.69, 9.17) is 4.74 Å². The molecule has 0 saturated heterocycles. The minimum absolute atomic E-state index is 0.0329. The van der Waals surface area contributed by atoms with E-state index in [9.17, 15) is 14.4 Å². The summed E-state index contributed by atoms with van der Waals surface area (Å²) in [6, 6.07) is 1.58. The molecule has 1 unspecified atom stereocenters. The number of hydrogen-bond acceptors (Lipinski definition) is 6. The van der Waals surface area contributed by atoms with Crippen LogP contribution in [0.5, 0.6) is 5.06 Å². The van der Waals surface area contributed by atoms with Gasteiger partial charge in [0.15, 0.2) is 17.5 Å². The number of amides is 1. The summed E-state index contributed by atoms with van der Waals surface area (Å²) in [6.45, 7) is 1.62. The second kappa shape index (κ2) is 5.40. The first-order valence-electron chi connectivity index (χ1n) is 5.68. The van der Waals surface area contributed by atoms with E-state index in [1.807, 2.05) is 0 Å². The molecule has 1 atom stereocenters. The molecule has 0 bridgehead atoms. The van der Waals surface area contributed by atoms with Crippen LogP contribution in [0.15, 0.2) is 6.07 Å². The summed E-state index contributed by atoms with van der Waals surface area (Å²) in [6.07, 6.45) is 0.0329. The van der Waals surface area contributed by atoms with Crippen LogP contribution in [0.3, 0.4) is 0 Å². The van der Waals surface area contributed by atoms with E-state index in [1.54, 1.807) is 13.0 Å². The van der Waals surface area contributed by atoms with E-state index < -0.39 is 11.9 Å². The van der Waals surface area contributed by atoms with Gasteiger partial charge in [0, 0.05) is 5.92 Å². The second-order valence-electron chi connectivity index (χ2n) is 4.19. The van der Waals surface area contributed by atoms with Crippen molar-refractivity contribution < 1.29 is 23.9 Å². The number of esters is 1. The van der Waals surface area contributed by atoms with E-state index in [2.05, 4.69) is 10.1 Å². The van der Waals surface area contributed by atoms with Crippen molar-refractivity contribution in [2.24, 2.45) is 5.92 Å². The summed E-state index contributed by atoms with van der Waals surface area (Å²) in [7, 11) is 1.28. The summed E-state index contributed by atoms with van der Waals surface area (Å²) in [4.78, 5) is 34.9. The normalized spacial score (nSPS) is 14.9. The quantitative estimate of drug-likeness (QED) is 0.668. The molecule has 1 amide bonds. The lowest BCUT2D eigenvalue weighted by Crippen LogP contribution is -2.24. The summed E-state index contributed by atoms with van der Waals surface area (Å²) in [5.74, 6) is -1.30. The third kappa shape index (κ3) is 2.93. The van der Waals surface area contributed by atoms with E-state index in [-0.39, 0.29) is 24.7 Å². The van der Waals surface area contributed by atoms with Gasteiger partial charge in [0.25, 0.3) is 5.91 Å². The smallest absolute Gasteiger partial charge is 0.306 e. The monoisotopic (exact) mass is 283 g/mol. The number of hydrogen-bond donors (Lipinski definition) is 1. The number of ether oxygens (including phenoxy) is 2. The topological polar surface area (TPSA) is 81.7 Å². The highest BCUT2D eigenvalue weighted by molar-refractivity contribution is 7.16. The fraction of sp³-hybridized carbons (Fsp3) is 0.417. The second-order valence-corrected chi connectivity index (χ2v) is 5.21. The number of carbonyl (C=O) groups excluding carboxylic acids is 3. The minimum Gasteiger partial charge on any atom is -0.472 e. The Morgan fingerprint density at radius 1 is 1.58 bits per heavy atom. The molecule has 1 aliphatic rings. The number of thiophene rings is 1. The van der Waals surface area contributed by atoms with Gasteiger partial charge in [0.1, 0.15) is 0 Å². The Bertz CT molecular complexity index is 536. The zero-order valence-electron chi connectivity index (χ0n) is 10.5. The average molecular weight is 283 g/mol. The predicted molar refractivity (Wildman–Crippen MR) is 68.6 cm³/mol. The molecule has 1 aromatic rings. The molecule has 0 radical (unpaired) electrons. The molecule has 1 N–H and O–H groups in total. The standard InChI is InChI=1S/C12H13NO5S/c1-6(3-10(15)17-2)11(16)8-4-7-12(19-8)18-5-9(14)13-7/h4,6H,3,5H2,1-2H3,(H,13,14). The number of carbonyl (C=O) groups is 3. The summed E-state index contributed by atoms with van der Waals surface area (Å²) < 4.78 is 9.74. The molecule has 6 nitrogen and oxygen atoms in total. The Balaban J connectivity index is 2.12. The maximum atomic E-state index is 12.1. The van der Waals surface area contributed by atoms with E-state index in [0.29, 0.717) is 15.6 Å². The highest BCUT2D eigenvalue weighted by atomic mass is 32.1. The van der Waals surface area contributed by atoms with Crippen LogP contribution in [-0.2, 0) is 14.3 Å². The first kappa shape index (κ1) is 13.5. The van der Waals surface area contributed by atoms with Crippen molar-refractivity contribution in [3.05, 3.63) is 10.9 Å². The Morgan fingerprint density at radius 2 is 2.32 bits per heavy atom. The van der Waals surface area contributed by atoms with Gasteiger partial charge in [-0.25, -0.2) is 0 Å². The molecule has 0 aliphatic carbocycles. The number of methoxy groups -OCH3 is 1. The highest BCUT2D eigenvalue weighted by Gasteiger charge is 2.25. The third-order valence-corrected chi connectivity index (χ3v) is 3.76. The van der Waals surface area contributed by atoms with Crippen molar-refractivity contribution in [1.82, 2.24) is 0 Å².